The van der Waals surface area contributed by atoms with Crippen LogP contribution in [-0.4, -0.2) is 6.10 Å². The van der Waals surface area contributed by atoms with Crippen molar-refractivity contribution in [3.8, 4) is 28.0 Å². The Balaban J connectivity index is 1.06. The van der Waals surface area contributed by atoms with Crippen molar-refractivity contribution in [3.05, 3.63) is 199 Å². The van der Waals surface area contributed by atoms with Crippen LogP contribution >= 0.6 is 0 Å². The number of rotatable bonds is 6. The van der Waals surface area contributed by atoms with Crippen molar-refractivity contribution in [1.29, 1.82) is 0 Å². The molecule has 228 valence electrons. The molecule has 1 aliphatic carbocycles. The van der Waals surface area contributed by atoms with Crippen molar-refractivity contribution in [2.24, 2.45) is 0 Å². The maximum absolute atomic E-state index is 6.31. The average Bonchev–Trinajstić information content (AvgIpc) is 3.54. The van der Waals surface area contributed by atoms with Gasteiger partial charge < -0.3 is 9.64 Å². The number of fused-ring (bicyclic) bond motifs is 4. The maximum Gasteiger partial charge on any atom is 0.128 e. The normalized spacial score (nSPS) is 16.1. The molecule has 2 unspecified atom stereocenters. The summed E-state index contributed by atoms with van der Waals surface area (Å²) in [5.41, 5.74) is 11.8. The van der Waals surface area contributed by atoms with Crippen LogP contribution in [0.4, 0.5) is 17.1 Å². The van der Waals surface area contributed by atoms with Gasteiger partial charge in [-0.25, -0.2) is 0 Å². The van der Waals surface area contributed by atoms with E-state index in [9.17, 15) is 0 Å². The molecule has 0 bridgehead atoms. The van der Waals surface area contributed by atoms with E-state index in [0.717, 1.165) is 22.8 Å². The van der Waals surface area contributed by atoms with Crippen LogP contribution in [0.3, 0.4) is 0 Å². The molecule has 7 aromatic carbocycles. The zero-order valence-electron chi connectivity index (χ0n) is 26.4. The first-order valence-corrected chi connectivity index (χ1v) is 16.6. The van der Waals surface area contributed by atoms with Gasteiger partial charge in [0.2, 0.25) is 0 Å². The Morgan fingerprint density at radius 1 is 0.458 bits per heavy atom. The maximum atomic E-state index is 6.31. The highest BCUT2D eigenvalue weighted by Gasteiger charge is 2.33. The Kier molecular flexibility index (Phi) is 6.98. The molecular formula is C46H33NO. The van der Waals surface area contributed by atoms with Crippen molar-refractivity contribution in [2.45, 2.75) is 12.0 Å². The van der Waals surface area contributed by atoms with E-state index in [-0.39, 0.29) is 12.0 Å². The monoisotopic (exact) mass is 615 g/mol. The molecule has 0 saturated carbocycles. The molecule has 2 heteroatoms. The molecule has 9 rings (SSSR count). The predicted octanol–water partition coefficient (Wildman–Crippen LogP) is 12.1. The van der Waals surface area contributed by atoms with E-state index in [1.807, 2.05) is 6.07 Å². The SMILES string of the molecule is C1=CC2c3ccccc3OC2C=C1c1ccc(N(c2ccc(-c3ccccc3)cc2)c2ccc(-c3cccc4ccccc34)cc2)cc1. The van der Waals surface area contributed by atoms with Gasteiger partial charge in [0.05, 0.1) is 0 Å². The Morgan fingerprint density at radius 3 is 1.79 bits per heavy atom. The van der Waals surface area contributed by atoms with Gasteiger partial charge in [0.1, 0.15) is 11.9 Å². The molecule has 2 atom stereocenters. The van der Waals surface area contributed by atoms with Gasteiger partial charge in [-0.3, -0.25) is 0 Å². The van der Waals surface area contributed by atoms with E-state index in [1.165, 1.54) is 49.7 Å². The fourth-order valence-corrected chi connectivity index (χ4v) is 7.19. The number of anilines is 3. The number of hydrogen-bond acceptors (Lipinski definition) is 2. The number of allylic oxidation sites excluding steroid dienone is 2. The van der Waals surface area contributed by atoms with Crippen LogP contribution in [0.5, 0.6) is 5.75 Å². The highest BCUT2D eigenvalue weighted by Crippen LogP contribution is 2.44. The van der Waals surface area contributed by atoms with Crippen molar-refractivity contribution < 1.29 is 4.74 Å². The van der Waals surface area contributed by atoms with E-state index in [4.69, 9.17) is 4.74 Å². The molecule has 1 heterocycles. The van der Waals surface area contributed by atoms with Crippen LogP contribution in [0, 0.1) is 0 Å². The third kappa shape index (κ3) is 5.09. The summed E-state index contributed by atoms with van der Waals surface area (Å²) in [6, 6.07) is 60.8. The summed E-state index contributed by atoms with van der Waals surface area (Å²) in [6.45, 7) is 0. The van der Waals surface area contributed by atoms with Gasteiger partial charge in [0.15, 0.2) is 0 Å². The van der Waals surface area contributed by atoms with Crippen molar-refractivity contribution >= 4 is 33.4 Å². The molecular weight excluding hydrogens is 583 g/mol. The Labute approximate surface area is 281 Å². The number of para-hydroxylation sites is 1. The van der Waals surface area contributed by atoms with E-state index >= 15 is 0 Å². The van der Waals surface area contributed by atoms with Crippen molar-refractivity contribution in [3.63, 3.8) is 0 Å². The standard InChI is InChI=1S/C46H33NO/c1-2-9-32(10-3-1)33-17-24-38(25-18-33)47(40-28-21-36(22-29-40)42-15-8-12-35-11-4-5-13-41(35)42)39-26-19-34(20-27-39)37-23-30-44-43-14-6-7-16-45(43)48-46(44)31-37/h1-31,44,46H. The summed E-state index contributed by atoms with van der Waals surface area (Å²) in [4.78, 5) is 2.34. The van der Waals surface area contributed by atoms with Gasteiger partial charge in [0.25, 0.3) is 0 Å². The zero-order chi connectivity index (χ0) is 31.9. The Bertz CT molecular complexity index is 2290. The highest BCUT2D eigenvalue weighted by molar-refractivity contribution is 5.97. The first-order valence-electron chi connectivity index (χ1n) is 16.6. The zero-order valence-corrected chi connectivity index (χ0v) is 26.4. The molecule has 48 heavy (non-hydrogen) atoms. The van der Waals surface area contributed by atoms with Crippen LogP contribution < -0.4 is 9.64 Å². The number of benzene rings is 7. The molecule has 0 amide bonds. The van der Waals surface area contributed by atoms with Gasteiger partial charge in [-0.15, -0.1) is 0 Å². The molecule has 0 spiro atoms. The summed E-state index contributed by atoms with van der Waals surface area (Å²) in [6.07, 6.45) is 6.83. The van der Waals surface area contributed by atoms with Gasteiger partial charge in [-0.05, 0) is 92.7 Å². The minimum Gasteiger partial charge on any atom is -0.485 e. The molecule has 0 radical (unpaired) electrons. The molecule has 0 fully saturated rings. The van der Waals surface area contributed by atoms with Gasteiger partial charge >= 0.3 is 0 Å². The number of ether oxygens (including phenoxy) is 1. The van der Waals surface area contributed by atoms with Gasteiger partial charge in [-0.2, -0.15) is 0 Å². The van der Waals surface area contributed by atoms with Crippen LogP contribution in [0.25, 0.3) is 38.6 Å². The Hall–Kier alpha value is -6.12. The lowest BCUT2D eigenvalue weighted by Gasteiger charge is -2.26. The van der Waals surface area contributed by atoms with E-state index < -0.39 is 0 Å². The lowest BCUT2D eigenvalue weighted by atomic mass is 9.87. The van der Waals surface area contributed by atoms with Crippen LogP contribution in [-0.2, 0) is 0 Å². The minimum absolute atomic E-state index is 0.0296. The third-order valence-electron chi connectivity index (χ3n) is 9.64. The highest BCUT2D eigenvalue weighted by atomic mass is 16.5. The fourth-order valence-electron chi connectivity index (χ4n) is 7.19. The van der Waals surface area contributed by atoms with Crippen LogP contribution in [0.1, 0.15) is 17.0 Å². The summed E-state index contributed by atoms with van der Waals surface area (Å²) >= 11 is 0. The first-order chi connectivity index (χ1) is 23.8. The molecule has 0 saturated heterocycles. The predicted molar refractivity (Wildman–Crippen MR) is 200 cm³/mol. The topological polar surface area (TPSA) is 12.5 Å². The second-order valence-electron chi connectivity index (χ2n) is 12.5. The second kappa shape index (κ2) is 11.9. The number of nitrogens with zero attached hydrogens (tertiary/aromatic N) is 1. The van der Waals surface area contributed by atoms with E-state index in [1.54, 1.807) is 0 Å². The first kappa shape index (κ1) is 28.1. The molecule has 0 N–H and O–H groups in total. The smallest absolute Gasteiger partial charge is 0.128 e. The van der Waals surface area contributed by atoms with Crippen molar-refractivity contribution in [2.75, 3.05) is 4.90 Å². The summed E-state index contributed by atoms with van der Waals surface area (Å²) < 4.78 is 6.31. The molecule has 1 aliphatic heterocycles. The van der Waals surface area contributed by atoms with Crippen LogP contribution in [0.15, 0.2) is 188 Å². The summed E-state index contributed by atoms with van der Waals surface area (Å²) in [5, 5.41) is 2.52. The lowest BCUT2D eigenvalue weighted by Crippen LogP contribution is -2.17. The minimum atomic E-state index is 0.0296. The molecule has 2 nitrogen and oxygen atoms in total. The Morgan fingerprint density at radius 2 is 1.04 bits per heavy atom. The van der Waals surface area contributed by atoms with E-state index in [0.29, 0.717) is 0 Å². The summed E-state index contributed by atoms with van der Waals surface area (Å²) in [7, 11) is 0. The van der Waals surface area contributed by atoms with Crippen molar-refractivity contribution in [1.82, 2.24) is 0 Å². The van der Waals surface area contributed by atoms with Gasteiger partial charge in [0, 0.05) is 28.5 Å². The lowest BCUT2D eigenvalue weighted by molar-refractivity contribution is 0.269. The molecule has 2 aliphatic rings. The quantitative estimate of drug-likeness (QED) is 0.185. The molecule has 0 aromatic heterocycles. The van der Waals surface area contributed by atoms with Crippen LogP contribution in [0.2, 0.25) is 0 Å². The average molecular weight is 616 g/mol. The second-order valence-corrected chi connectivity index (χ2v) is 12.5. The third-order valence-corrected chi connectivity index (χ3v) is 9.64. The fraction of sp³-hybridized carbons (Fsp3) is 0.0435. The summed E-state index contributed by atoms with van der Waals surface area (Å²) in [5.74, 6) is 1.26. The molecule has 7 aromatic rings. The number of hydrogen-bond donors (Lipinski definition) is 0. The van der Waals surface area contributed by atoms with Gasteiger partial charge in [-0.1, -0.05) is 140 Å². The van der Waals surface area contributed by atoms with E-state index in [2.05, 4.69) is 187 Å². The largest absolute Gasteiger partial charge is 0.485 e.